The molecule has 17 heteroatoms. The second kappa shape index (κ2) is 17.1. The Kier molecular flexibility index (Phi) is 12.9. The molecular formula is C39H44ClN5O9S2. The summed E-state index contributed by atoms with van der Waals surface area (Å²) in [5.74, 6) is -2.68. The van der Waals surface area contributed by atoms with Gasteiger partial charge in [-0.1, -0.05) is 65.8 Å². The van der Waals surface area contributed by atoms with Gasteiger partial charge in [0.15, 0.2) is 16.9 Å². The fourth-order valence-electron chi connectivity index (χ4n) is 5.36. The molecule has 3 amide bonds. The van der Waals surface area contributed by atoms with E-state index in [1.54, 1.807) is 41.5 Å². The molecule has 56 heavy (non-hydrogen) atoms. The van der Waals surface area contributed by atoms with Crippen LogP contribution >= 0.6 is 34.7 Å². The summed E-state index contributed by atoms with van der Waals surface area (Å²) >= 11 is 8.61. The minimum absolute atomic E-state index is 0.0183. The molecular weight excluding hydrogens is 782 g/mol. The van der Waals surface area contributed by atoms with Crippen LogP contribution in [0.3, 0.4) is 0 Å². The van der Waals surface area contributed by atoms with Gasteiger partial charge < -0.3 is 24.4 Å². The Morgan fingerprint density at radius 1 is 0.929 bits per heavy atom. The quantitative estimate of drug-likeness (QED) is 0.0506. The second-order valence-electron chi connectivity index (χ2n) is 15.3. The van der Waals surface area contributed by atoms with Gasteiger partial charge >= 0.3 is 18.0 Å². The summed E-state index contributed by atoms with van der Waals surface area (Å²) in [6.45, 7) is 13.0. The number of hydrogen-bond donors (Lipinski definition) is 2. The van der Waals surface area contributed by atoms with E-state index in [-0.39, 0.29) is 28.2 Å². The van der Waals surface area contributed by atoms with Crippen molar-refractivity contribution in [3.63, 3.8) is 0 Å². The monoisotopic (exact) mass is 825 g/mol. The summed E-state index contributed by atoms with van der Waals surface area (Å²) in [5.41, 5.74) is -1.70. The number of halogens is 1. The minimum atomic E-state index is -1.65. The standard InChI is InChI=1S/C39H44ClN5O9S2/c1-37(2,3)52-34(49)39(7,8)54-44-26(25-21-56-35(41-25)43-36(50)53-38(4,5)6)30(46)42-27-31(47)45-28(24(19-40)20-55-32(27)45)33(48)51-29(22-15-11-9-12-16-22)23-17-13-10-14-18-23/h9-18,21,27,29,32H,19-20H2,1-8H3,(H,42,46)(H,41,43,50)/t27-,32-/m1/s1. The third-order valence-electron chi connectivity index (χ3n) is 7.94. The third-order valence-corrected chi connectivity index (χ3v) is 10.4. The molecule has 2 atom stereocenters. The number of carbonyl (C=O) groups excluding carboxylic acids is 5. The Labute approximate surface area is 338 Å². The Morgan fingerprint density at radius 2 is 1.52 bits per heavy atom. The molecule has 14 nitrogen and oxygen atoms in total. The molecule has 0 unspecified atom stereocenters. The van der Waals surface area contributed by atoms with Crippen LogP contribution in [0.25, 0.3) is 0 Å². The van der Waals surface area contributed by atoms with Crippen molar-refractivity contribution in [2.24, 2.45) is 5.16 Å². The topological polar surface area (TPSA) is 175 Å². The second-order valence-corrected chi connectivity index (χ2v) is 17.5. The number of oxime groups is 1. The SMILES string of the molecule is CC(C)(C)OC(=O)Nc1nc(C(=NOC(C)(C)C(=O)OC(C)(C)C)C(=O)N[C@@H]2C(=O)N3C(C(=O)OC(c4ccccc4)c4ccccc4)=C(CCl)CS[C@H]23)cs1. The van der Waals surface area contributed by atoms with E-state index >= 15 is 0 Å². The molecule has 0 aliphatic carbocycles. The highest BCUT2D eigenvalue weighted by atomic mass is 35.5. The van der Waals surface area contributed by atoms with E-state index in [0.717, 1.165) is 22.5 Å². The van der Waals surface area contributed by atoms with E-state index in [1.165, 1.54) is 35.9 Å². The number of anilines is 1. The predicted octanol–water partition coefficient (Wildman–Crippen LogP) is 6.56. The summed E-state index contributed by atoms with van der Waals surface area (Å²) < 4.78 is 16.9. The van der Waals surface area contributed by atoms with Gasteiger partial charge in [-0.15, -0.1) is 34.7 Å². The number of amides is 3. The normalized spacial score (nSPS) is 17.4. The average Bonchev–Trinajstić information content (AvgIpc) is 3.58. The number of hydrogen-bond acceptors (Lipinski definition) is 13. The smallest absolute Gasteiger partial charge is 0.413 e. The Balaban J connectivity index is 1.39. The molecule has 0 saturated carbocycles. The van der Waals surface area contributed by atoms with E-state index in [9.17, 15) is 24.0 Å². The Morgan fingerprint density at radius 3 is 2.07 bits per heavy atom. The van der Waals surface area contributed by atoms with Crippen LogP contribution in [0, 0.1) is 0 Å². The van der Waals surface area contributed by atoms with Gasteiger partial charge in [-0.05, 0) is 72.1 Å². The van der Waals surface area contributed by atoms with Crippen LogP contribution in [-0.4, -0.2) is 85.3 Å². The number of aromatic nitrogens is 1. The first-order valence-electron chi connectivity index (χ1n) is 17.6. The zero-order valence-corrected chi connectivity index (χ0v) is 34.6. The zero-order valence-electron chi connectivity index (χ0n) is 32.2. The molecule has 1 fully saturated rings. The van der Waals surface area contributed by atoms with E-state index in [0.29, 0.717) is 5.57 Å². The van der Waals surface area contributed by atoms with Crippen LogP contribution in [-0.2, 0) is 38.2 Å². The molecule has 2 aliphatic heterocycles. The number of fused-ring (bicyclic) bond motifs is 1. The third kappa shape index (κ3) is 10.3. The summed E-state index contributed by atoms with van der Waals surface area (Å²) in [7, 11) is 0. The lowest BCUT2D eigenvalue weighted by molar-refractivity contribution is -0.179. The van der Waals surface area contributed by atoms with Crippen molar-refractivity contribution in [1.29, 1.82) is 0 Å². The lowest BCUT2D eigenvalue weighted by Gasteiger charge is -2.49. The molecule has 2 aliphatic rings. The number of esters is 2. The fourth-order valence-corrected chi connectivity index (χ4v) is 7.72. The van der Waals surface area contributed by atoms with Crippen molar-refractivity contribution in [3.8, 4) is 0 Å². The molecule has 0 spiro atoms. The van der Waals surface area contributed by atoms with E-state index < -0.39 is 69.9 Å². The molecule has 5 rings (SSSR count). The molecule has 1 saturated heterocycles. The number of thiazole rings is 1. The first-order chi connectivity index (χ1) is 26.3. The van der Waals surface area contributed by atoms with E-state index in [1.807, 2.05) is 60.7 Å². The molecule has 298 valence electrons. The fraction of sp³-hybridized carbons (Fsp3) is 0.410. The molecule has 0 bridgehead atoms. The maximum Gasteiger partial charge on any atom is 0.413 e. The summed E-state index contributed by atoms with van der Waals surface area (Å²) in [4.78, 5) is 78.5. The number of β-lactam (4-membered cyclic amide) rings is 1. The van der Waals surface area contributed by atoms with Gasteiger partial charge in [-0.25, -0.2) is 19.4 Å². The van der Waals surface area contributed by atoms with Gasteiger partial charge in [0.05, 0.1) is 0 Å². The number of alkyl halides is 1. The van der Waals surface area contributed by atoms with Gasteiger partial charge in [-0.2, -0.15) is 0 Å². The van der Waals surface area contributed by atoms with Crippen LogP contribution in [0.5, 0.6) is 0 Å². The highest BCUT2D eigenvalue weighted by Gasteiger charge is 2.55. The average molecular weight is 826 g/mol. The van der Waals surface area contributed by atoms with Crippen molar-refractivity contribution in [3.05, 3.63) is 94.1 Å². The number of ether oxygens (including phenoxy) is 3. The maximum atomic E-state index is 14.0. The van der Waals surface area contributed by atoms with Crippen molar-refractivity contribution >= 4 is 75.4 Å². The number of nitrogens with one attached hydrogen (secondary N) is 2. The van der Waals surface area contributed by atoms with Gasteiger partial charge in [-0.3, -0.25) is 19.8 Å². The van der Waals surface area contributed by atoms with Crippen molar-refractivity contribution in [2.75, 3.05) is 16.9 Å². The van der Waals surface area contributed by atoms with Crippen LogP contribution in [0.2, 0.25) is 0 Å². The lowest BCUT2D eigenvalue weighted by atomic mass is 10.0. The number of nitrogens with zero attached hydrogens (tertiary/aromatic N) is 3. The molecule has 0 radical (unpaired) electrons. The van der Waals surface area contributed by atoms with Crippen molar-refractivity contribution < 1.29 is 43.0 Å². The van der Waals surface area contributed by atoms with Gasteiger partial charge in [0.1, 0.15) is 34.0 Å². The molecule has 3 heterocycles. The molecule has 2 N–H and O–H groups in total. The van der Waals surface area contributed by atoms with E-state index in [4.69, 9.17) is 30.6 Å². The largest absolute Gasteiger partial charge is 0.457 e. The summed E-state index contributed by atoms with van der Waals surface area (Å²) in [5, 5.41) is 10.1. The summed E-state index contributed by atoms with van der Waals surface area (Å²) in [6.07, 6.45) is -1.54. The van der Waals surface area contributed by atoms with Crippen LogP contribution < -0.4 is 10.6 Å². The van der Waals surface area contributed by atoms with Gasteiger partial charge in [0, 0.05) is 17.0 Å². The van der Waals surface area contributed by atoms with Crippen molar-refractivity contribution in [2.45, 2.75) is 89.7 Å². The van der Waals surface area contributed by atoms with Gasteiger partial charge in [0.25, 0.3) is 11.8 Å². The molecule has 3 aromatic rings. The zero-order chi connectivity index (χ0) is 41.0. The summed E-state index contributed by atoms with van der Waals surface area (Å²) in [6, 6.07) is 17.4. The molecule has 2 aromatic carbocycles. The number of carbonyl (C=O) groups is 5. The predicted molar refractivity (Wildman–Crippen MR) is 213 cm³/mol. The van der Waals surface area contributed by atoms with E-state index in [2.05, 4.69) is 20.8 Å². The molecule has 1 aromatic heterocycles. The van der Waals surface area contributed by atoms with Crippen LogP contribution in [0.1, 0.15) is 78.3 Å². The van der Waals surface area contributed by atoms with Crippen molar-refractivity contribution in [1.82, 2.24) is 15.2 Å². The highest BCUT2D eigenvalue weighted by Crippen LogP contribution is 2.42. The van der Waals surface area contributed by atoms with Crippen LogP contribution in [0.15, 0.2) is 82.5 Å². The Hall–Kier alpha value is -4.93. The first kappa shape index (κ1) is 42.2. The number of benzene rings is 2. The Bertz CT molecular complexity index is 1980. The minimum Gasteiger partial charge on any atom is -0.457 e. The van der Waals surface area contributed by atoms with Crippen LogP contribution in [0.4, 0.5) is 9.93 Å². The maximum absolute atomic E-state index is 14.0. The number of rotatable bonds is 12. The number of thioether (sulfide) groups is 1. The highest BCUT2D eigenvalue weighted by molar-refractivity contribution is 8.00. The van der Waals surface area contributed by atoms with Gasteiger partial charge in [0.2, 0.25) is 5.60 Å². The first-order valence-corrected chi connectivity index (χ1v) is 20.0. The lowest BCUT2D eigenvalue weighted by Crippen LogP contribution is -2.71.